The van der Waals surface area contributed by atoms with E-state index in [1.807, 2.05) is 84.0 Å². The van der Waals surface area contributed by atoms with Crippen molar-refractivity contribution in [3.05, 3.63) is 144 Å². The van der Waals surface area contributed by atoms with E-state index in [1.54, 1.807) is 96.1 Å². The maximum atomic E-state index is 13.1. The van der Waals surface area contributed by atoms with Crippen LogP contribution in [0.25, 0.3) is 50.2 Å². The van der Waals surface area contributed by atoms with Crippen LogP contribution in [-0.2, 0) is 116 Å². The standard InChI is InChI=1S/C24H33N5O5.C20H26N4O3.C15H15N3O4.C15H15N3O3.C9H18N2O2.2ClH.Pd/c1-24(2,3)34-23(33)26(4)16-13-28(14-16)12-11-15-7-6-8-17-20(15)27(5)22(32)29(17)18-9-10-19(30)25-21(18)31;1-3-13-11-23(12-13)10-9-14-5-4-6-15-18(14)22(2)20(27)24(15)16-7-8-17(25)21-19(16)26;1-17-13-9(7-8-19)3-2-4-10(13)18(15(17)22)11-5-6-12(20)16-14(11)21;1-3-9-5-4-6-10-13(9)17(2)15(21)18(10)11-7-8-12(19)16-14(11)20;1-9(2,3)13-8(12)11(4)7-5-10-6-7;;;/h6-8,16,18H,9-14H2,1-5H3,(H,25,30,31);4-6,13,16H,3,7-12H2,1-2H3,(H,21,25,26);2-4,8,11H,5-7H2,1H3,(H,16,20,21);3-6,11H,1,7-8H2,2H3,(H,16,19,20);7,10H,5-6H2,1-4H3;2*1H;/q;;;;;;;+2/p-2. The number of nitrogens with one attached hydrogen (secondary N) is 5. The average molecular weight is 1790 g/mol. The summed E-state index contributed by atoms with van der Waals surface area (Å²) in [4.78, 5) is 188. The summed E-state index contributed by atoms with van der Waals surface area (Å²) in [5.41, 5.74) is 7.54. The van der Waals surface area contributed by atoms with Gasteiger partial charge in [-0.1, -0.05) is 74.5 Å². The molecule has 11 heterocycles. The number of nitrogens with zero attached hydrogens (tertiary/aromatic N) is 12. The number of carbonyl (C=O) groups excluding carboxylic acids is 11. The number of para-hydroxylation sites is 4. The molecule has 4 aromatic carbocycles. The molecule has 4 unspecified atom stereocenters. The topological polar surface area (TPSA) is 387 Å². The number of hydrogen-bond donors (Lipinski definition) is 5. The molecule has 650 valence electrons. The van der Waals surface area contributed by atoms with E-state index in [0.29, 0.717) is 53.8 Å². The van der Waals surface area contributed by atoms with Crippen LogP contribution in [0.5, 0.6) is 0 Å². The summed E-state index contributed by atoms with van der Waals surface area (Å²) in [5.74, 6) is -2.09. The second kappa shape index (κ2) is 39.4. The number of hydrogen-bond acceptors (Lipinski definition) is 20. The zero-order chi connectivity index (χ0) is 87.7. The van der Waals surface area contributed by atoms with Crippen molar-refractivity contribution in [1.29, 1.82) is 0 Å². The van der Waals surface area contributed by atoms with Crippen LogP contribution in [0.15, 0.2) is 98.6 Å². The molecule has 0 aliphatic carbocycles. The van der Waals surface area contributed by atoms with Crippen molar-refractivity contribution >= 4 is 135 Å². The van der Waals surface area contributed by atoms with Crippen molar-refractivity contribution in [2.75, 3.05) is 66.5 Å². The van der Waals surface area contributed by atoms with E-state index in [4.69, 9.17) is 28.5 Å². The molecule has 37 heteroatoms. The molecule has 10 amide bonds. The monoisotopic (exact) mass is 1790 g/mol. The number of halogens is 2. The average Bonchev–Trinajstić information content (AvgIpc) is 1.62. The van der Waals surface area contributed by atoms with Crippen LogP contribution in [0.1, 0.15) is 153 Å². The maximum absolute atomic E-state index is 13.1. The summed E-state index contributed by atoms with van der Waals surface area (Å²) in [6.45, 7) is 24.5. The molecule has 0 spiro atoms. The normalized spacial score (nSPS) is 19.2. The van der Waals surface area contributed by atoms with Gasteiger partial charge in [-0.2, -0.15) is 0 Å². The molecule has 34 nitrogen and oxygen atoms in total. The number of imide groups is 4. The number of aldehydes is 1. The molecule has 4 aromatic heterocycles. The van der Waals surface area contributed by atoms with Crippen molar-refractivity contribution in [2.45, 2.75) is 173 Å². The van der Waals surface area contributed by atoms with Crippen LogP contribution in [0.2, 0.25) is 0 Å². The minimum absolute atomic E-state index is 0.106. The molecule has 0 saturated carbocycles. The SMILES string of the molecule is C=Cc1cccc2c1n(C)c(=O)n2C1CCC(=O)NC1=O.CCC1CN(CCc2cccc3c2n(C)c(=O)n3C2CCC(=O)NC2=O)C1.CN(C(=O)OC(C)(C)C)C1CN(CCc2cccc3c2n(C)c(=O)n3C2CCC(=O)NC2=O)C1.CN(C(=O)OC(C)(C)C)C1CNC1.Cn1c(=O)n(C2CCC(=O)NC2=O)c2cccc(CC=O)c21.[Cl][Pd][Cl]. The molecule has 7 saturated heterocycles. The third-order valence-electron chi connectivity index (χ3n) is 22.5. The number of aromatic nitrogens is 8. The fourth-order valence-corrected chi connectivity index (χ4v) is 15.9. The second-order valence-corrected chi connectivity index (χ2v) is 35.2. The number of fused-ring (bicyclic) bond motifs is 4. The molecule has 5 N–H and O–H groups in total. The Bertz CT molecular complexity index is 5520. The van der Waals surface area contributed by atoms with Crippen molar-refractivity contribution in [2.24, 2.45) is 34.1 Å². The van der Waals surface area contributed by atoms with E-state index in [9.17, 15) is 71.9 Å². The van der Waals surface area contributed by atoms with Crippen LogP contribution >= 0.6 is 19.1 Å². The van der Waals surface area contributed by atoms with Crippen LogP contribution in [0.3, 0.4) is 0 Å². The number of benzene rings is 4. The number of piperidine rings is 4. The number of rotatable bonds is 16. The van der Waals surface area contributed by atoms with Crippen molar-refractivity contribution in [1.82, 2.24) is 82.7 Å². The summed E-state index contributed by atoms with van der Waals surface area (Å²) < 4.78 is 22.8. The summed E-state index contributed by atoms with van der Waals surface area (Å²) >= 11 is -0.106. The van der Waals surface area contributed by atoms with Gasteiger partial charge in [0, 0.05) is 127 Å². The predicted molar refractivity (Wildman–Crippen MR) is 448 cm³/mol. The fraction of sp³-hybridized carbons (Fsp3) is 0.506. The zero-order valence-electron chi connectivity index (χ0n) is 69.9. The molecule has 120 heavy (non-hydrogen) atoms. The van der Waals surface area contributed by atoms with Gasteiger partial charge in [-0.3, -0.25) is 101 Å². The van der Waals surface area contributed by atoms with E-state index in [-0.39, 0.29) is 113 Å². The summed E-state index contributed by atoms with van der Waals surface area (Å²) in [6.07, 6.45) is 7.15. The Morgan fingerprint density at radius 3 is 1.10 bits per heavy atom. The predicted octanol–water partition coefficient (Wildman–Crippen LogP) is 5.83. The molecule has 7 aliphatic heterocycles. The van der Waals surface area contributed by atoms with Gasteiger partial charge < -0.3 is 34.3 Å². The number of likely N-dealkylation sites (tertiary alicyclic amines) is 2. The molecular weight excluding hydrogens is 1680 g/mol. The first-order chi connectivity index (χ1) is 56.8. The Morgan fingerprint density at radius 2 is 0.792 bits per heavy atom. The quantitative estimate of drug-likeness (QED) is 0.0431. The third-order valence-corrected chi connectivity index (χ3v) is 22.5. The summed E-state index contributed by atoms with van der Waals surface area (Å²) in [5, 5.41) is 12.4. The van der Waals surface area contributed by atoms with Gasteiger partial charge in [-0.15, -0.1) is 0 Å². The van der Waals surface area contributed by atoms with Gasteiger partial charge in [0.2, 0.25) is 47.3 Å². The first-order valence-electron chi connectivity index (χ1n) is 39.9. The summed E-state index contributed by atoms with van der Waals surface area (Å²) in [6, 6.07) is 20.1. The van der Waals surface area contributed by atoms with E-state index < -0.39 is 59.0 Å². The number of carbonyl (C=O) groups is 11. The molecule has 4 atom stereocenters. The molecule has 0 radical (unpaired) electrons. The number of ether oxygens (including phenoxy) is 2. The Morgan fingerprint density at radius 1 is 0.483 bits per heavy atom. The Kier molecular flexibility index (Phi) is 30.2. The van der Waals surface area contributed by atoms with Crippen LogP contribution in [0.4, 0.5) is 9.59 Å². The first-order valence-corrected chi connectivity index (χ1v) is 43.9. The van der Waals surface area contributed by atoms with Gasteiger partial charge >= 0.3 is 69.9 Å². The molecule has 8 aromatic rings. The number of aryl methyl sites for hydroxylation is 4. The first kappa shape index (κ1) is 91.9. The van der Waals surface area contributed by atoms with Gasteiger partial charge in [0.05, 0.1) is 56.2 Å². The molecule has 7 fully saturated rings. The molecular formula is C83H107Cl2N17O17Pd. The van der Waals surface area contributed by atoms with Crippen LogP contribution < -0.4 is 49.3 Å². The molecule has 15 rings (SSSR count). The van der Waals surface area contributed by atoms with Gasteiger partial charge in [-0.05, 0) is 133 Å². The van der Waals surface area contributed by atoms with E-state index in [1.165, 1.54) is 29.3 Å². The van der Waals surface area contributed by atoms with E-state index in [2.05, 4.69) is 56.0 Å². The van der Waals surface area contributed by atoms with Gasteiger partial charge in [0.15, 0.2) is 0 Å². The minimum atomic E-state index is -0.708. The number of imidazole rings is 4. The van der Waals surface area contributed by atoms with E-state index >= 15 is 0 Å². The zero-order valence-corrected chi connectivity index (χ0v) is 72.9. The van der Waals surface area contributed by atoms with Crippen molar-refractivity contribution in [3.63, 3.8) is 0 Å². The molecule has 0 bridgehead atoms. The van der Waals surface area contributed by atoms with Crippen LogP contribution in [-0.4, -0.2) is 212 Å². The Balaban J connectivity index is 0.000000161. The second-order valence-electron chi connectivity index (χ2n) is 32.8. The van der Waals surface area contributed by atoms with Gasteiger partial charge in [-0.25, -0.2) is 28.8 Å². The van der Waals surface area contributed by atoms with Crippen molar-refractivity contribution in [3.8, 4) is 0 Å². The Hall–Kier alpha value is -10.4. The van der Waals surface area contributed by atoms with Gasteiger partial charge in [0.25, 0.3) is 0 Å². The Labute approximate surface area is 708 Å². The molecule has 7 aliphatic rings. The van der Waals surface area contributed by atoms with Gasteiger partial charge in [0.1, 0.15) is 41.7 Å². The van der Waals surface area contributed by atoms with E-state index in [0.717, 1.165) is 122 Å². The fourth-order valence-electron chi connectivity index (χ4n) is 15.9. The third kappa shape index (κ3) is 20.8. The van der Waals surface area contributed by atoms with Crippen LogP contribution in [0, 0.1) is 5.92 Å². The number of amides is 10. The number of likely N-dealkylation sites (N-methyl/N-ethyl adjacent to an activating group) is 2. The summed E-state index contributed by atoms with van der Waals surface area (Å²) in [7, 11) is 19.9. The van der Waals surface area contributed by atoms with Crippen molar-refractivity contribution < 1.29 is 78.2 Å².